The van der Waals surface area contributed by atoms with Crippen molar-refractivity contribution >= 4 is 17.2 Å². The van der Waals surface area contributed by atoms with Crippen molar-refractivity contribution in [3.8, 4) is 0 Å². The molecule has 0 aromatic heterocycles. The normalized spacial score (nSPS) is 26.4. The number of hydrogen-bond acceptors (Lipinski definition) is 4. The predicted molar refractivity (Wildman–Crippen MR) is 66.6 cm³/mol. The van der Waals surface area contributed by atoms with E-state index in [0.29, 0.717) is 18.6 Å². The number of anilines is 1. The molecule has 5 nitrogen and oxygen atoms in total. The lowest BCUT2D eigenvalue weighted by atomic mass is 10.0. The number of piperidine rings is 1. The van der Waals surface area contributed by atoms with E-state index in [4.69, 9.17) is 0 Å². The van der Waals surface area contributed by atoms with Crippen molar-refractivity contribution in [3.63, 3.8) is 0 Å². The quantitative estimate of drug-likeness (QED) is 0.593. The third kappa shape index (κ3) is 1.75. The van der Waals surface area contributed by atoms with Gasteiger partial charge in [-0.25, -0.2) is 0 Å². The smallest absolute Gasteiger partial charge is 0.271 e. The Morgan fingerprint density at radius 2 is 1.89 bits per heavy atom. The highest BCUT2D eigenvalue weighted by Gasteiger charge is 2.40. The number of Topliss-reactive ketones (excluding diaryl/α,β-unsaturated/α-hetero) is 1. The molecule has 2 saturated heterocycles. The number of fused-ring (bicyclic) bond motifs is 2. The highest BCUT2D eigenvalue weighted by atomic mass is 16.6. The molecule has 2 unspecified atom stereocenters. The average Bonchev–Trinajstić information content (AvgIpc) is 2.62. The van der Waals surface area contributed by atoms with Gasteiger partial charge in [-0.15, -0.1) is 0 Å². The summed E-state index contributed by atoms with van der Waals surface area (Å²) in [6.45, 7) is 0. The maximum Gasteiger partial charge on any atom is 0.271 e. The van der Waals surface area contributed by atoms with E-state index in [0.717, 1.165) is 18.5 Å². The molecule has 2 aliphatic rings. The van der Waals surface area contributed by atoms with Crippen LogP contribution in [0.5, 0.6) is 0 Å². The van der Waals surface area contributed by atoms with Gasteiger partial charge in [0, 0.05) is 42.7 Å². The first kappa shape index (κ1) is 11.2. The Balaban J connectivity index is 1.93. The molecular formula is C13H14N2O3. The first-order chi connectivity index (χ1) is 8.65. The lowest BCUT2D eigenvalue weighted by Crippen LogP contribution is -2.43. The molecule has 0 amide bonds. The van der Waals surface area contributed by atoms with E-state index < -0.39 is 0 Å². The molecule has 5 heteroatoms. The van der Waals surface area contributed by atoms with E-state index in [9.17, 15) is 14.9 Å². The molecule has 0 saturated carbocycles. The van der Waals surface area contributed by atoms with Crippen LogP contribution >= 0.6 is 0 Å². The average molecular weight is 246 g/mol. The zero-order valence-corrected chi connectivity index (χ0v) is 9.91. The maximum atomic E-state index is 11.5. The van der Waals surface area contributed by atoms with Gasteiger partial charge in [-0.2, -0.15) is 0 Å². The molecule has 0 spiro atoms. The molecule has 2 aliphatic heterocycles. The second-order valence-corrected chi connectivity index (χ2v) is 5.02. The fourth-order valence-corrected chi connectivity index (χ4v) is 3.16. The first-order valence-corrected chi connectivity index (χ1v) is 6.19. The molecule has 2 fully saturated rings. The number of nitro groups is 1. The number of nitro benzene ring substituents is 1. The molecule has 1 aromatic rings. The molecule has 18 heavy (non-hydrogen) atoms. The van der Waals surface area contributed by atoms with Gasteiger partial charge in [0.05, 0.1) is 4.92 Å². The Kier molecular flexibility index (Phi) is 2.54. The monoisotopic (exact) mass is 246 g/mol. The number of carbonyl (C=O) groups is 1. The lowest BCUT2D eigenvalue weighted by Gasteiger charge is -2.35. The Morgan fingerprint density at radius 1 is 1.22 bits per heavy atom. The molecule has 1 aromatic carbocycles. The van der Waals surface area contributed by atoms with E-state index >= 15 is 0 Å². The van der Waals surface area contributed by atoms with Gasteiger partial charge in [0.1, 0.15) is 5.78 Å². The lowest BCUT2D eigenvalue weighted by molar-refractivity contribution is -0.384. The van der Waals surface area contributed by atoms with Crippen molar-refractivity contribution in [2.24, 2.45) is 0 Å². The highest BCUT2D eigenvalue weighted by molar-refractivity contribution is 5.83. The standard InChI is InChI=1S/C13H14N2O3/c16-13-7-10-4-5-11(8-13)14(10)9-2-1-3-12(6-9)15(17)18/h1-3,6,10-11H,4-5,7-8H2. The van der Waals surface area contributed by atoms with Crippen molar-refractivity contribution in [2.75, 3.05) is 4.90 Å². The Hall–Kier alpha value is -1.91. The summed E-state index contributed by atoms with van der Waals surface area (Å²) < 4.78 is 0. The third-order valence-electron chi connectivity index (χ3n) is 3.89. The van der Waals surface area contributed by atoms with Crippen molar-refractivity contribution in [2.45, 2.75) is 37.8 Å². The molecule has 2 bridgehead atoms. The number of ketones is 1. The molecule has 0 radical (unpaired) electrons. The zero-order chi connectivity index (χ0) is 12.7. The van der Waals surface area contributed by atoms with Gasteiger partial charge < -0.3 is 4.90 Å². The minimum atomic E-state index is -0.375. The van der Waals surface area contributed by atoms with E-state index in [1.807, 2.05) is 6.07 Å². The largest absolute Gasteiger partial charge is 0.364 e. The number of rotatable bonds is 2. The fraction of sp³-hybridized carbons (Fsp3) is 0.462. The zero-order valence-electron chi connectivity index (χ0n) is 9.91. The second-order valence-electron chi connectivity index (χ2n) is 5.02. The molecule has 2 heterocycles. The molecule has 3 rings (SSSR count). The highest BCUT2D eigenvalue weighted by Crippen LogP contribution is 2.38. The number of carbonyl (C=O) groups excluding carboxylic acids is 1. The van der Waals surface area contributed by atoms with Crippen molar-refractivity contribution < 1.29 is 9.72 Å². The number of non-ortho nitro benzene ring substituents is 1. The van der Waals surface area contributed by atoms with Crippen molar-refractivity contribution in [1.82, 2.24) is 0 Å². The van der Waals surface area contributed by atoms with Crippen LogP contribution in [-0.4, -0.2) is 22.8 Å². The van der Waals surface area contributed by atoms with Gasteiger partial charge in [-0.3, -0.25) is 14.9 Å². The van der Waals surface area contributed by atoms with E-state index in [1.54, 1.807) is 12.1 Å². The first-order valence-electron chi connectivity index (χ1n) is 6.19. The summed E-state index contributed by atoms with van der Waals surface area (Å²) >= 11 is 0. The molecule has 0 N–H and O–H groups in total. The van der Waals surface area contributed by atoms with Gasteiger partial charge in [-0.1, -0.05) is 6.07 Å². The summed E-state index contributed by atoms with van der Waals surface area (Å²) in [7, 11) is 0. The molecule has 94 valence electrons. The molecule has 0 aliphatic carbocycles. The van der Waals surface area contributed by atoms with Crippen LogP contribution in [0.25, 0.3) is 0 Å². The fourth-order valence-electron chi connectivity index (χ4n) is 3.16. The SMILES string of the molecule is O=C1CC2CCC(C1)N2c1cccc([N+](=O)[O-])c1. The summed E-state index contributed by atoms with van der Waals surface area (Å²) in [4.78, 5) is 24.2. The van der Waals surface area contributed by atoms with Crippen LogP contribution in [0.3, 0.4) is 0 Å². The van der Waals surface area contributed by atoms with Crippen LogP contribution in [0, 0.1) is 10.1 Å². The van der Waals surface area contributed by atoms with Crippen LogP contribution in [0.1, 0.15) is 25.7 Å². The third-order valence-corrected chi connectivity index (χ3v) is 3.89. The minimum Gasteiger partial charge on any atom is -0.364 e. The predicted octanol–water partition coefficient (Wildman–Crippen LogP) is 2.30. The van der Waals surface area contributed by atoms with Crippen LogP contribution in [0.15, 0.2) is 24.3 Å². The van der Waals surface area contributed by atoms with Crippen LogP contribution < -0.4 is 4.90 Å². The minimum absolute atomic E-state index is 0.115. The number of nitrogens with zero attached hydrogens (tertiary/aromatic N) is 2. The Morgan fingerprint density at radius 3 is 2.50 bits per heavy atom. The summed E-state index contributed by atoms with van der Waals surface area (Å²) in [5, 5.41) is 10.8. The van der Waals surface area contributed by atoms with Crippen LogP contribution in [-0.2, 0) is 4.79 Å². The number of hydrogen-bond donors (Lipinski definition) is 0. The van der Waals surface area contributed by atoms with Crippen LogP contribution in [0.2, 0.25) is 0 Å². The second kappa shape index (κ2) is 4.08. The Labute approximate surface area is 105 Å². The van der Waals surface area contributed by atoms with E-state index in [-0.39, 0.29) is 22.7 Å². The summed E-state index contributed by atoms with van der Waals surface area (Å²) in [5.74, 6) is 0.323. The van der Waals surface area contributed by atoms with Gasteiger partial charge in [0.15, 0.2) is 0 Å². The van der Waals surface area contributed by atoms with Gasteiger partial charge >= 0.3 is 0 Å². The van der Waals surface area contributed by atoms with Crippen molar-refractivity contribution in [1.29, 1.82) is 0 Å². The van der Waals surface area contributed by atoms with Gasteiger partial charge in [0.25, 0.3) is 5.69 Å². The van der Waals surface area contributed by atoms with Gasteiger partial charge in [0.2, 0.25) is 0 Å². The van der Waals surface area contributed by atoms with Gasteiger partial charge in [-0.05, 0) is 18.9 Å². The van der Waals surface area contributed by atoms with Crippen LogP contribution in [0.4, 0.5) is 11.4 Å². The van der Waals surface area contributed by atoms with E-state index in [2.05, 4.69) is 4.90 Å². The topological polar surface area (TPSA) is 63.5 Å². The summed E-state index contributed by atoms with van der Waals surface area (Å²) in [6, 6.07) is 7.19. The summed E-state index contributed by atoms with van der Waals surface area (Å²) in [5.41, 5.74) is 0.994. The van der Waals surface area contributed by atoms with E-state index in [1.165, 1.54) is 6.07 Å². The summed E-state index contributed by atoms with van der Waals surface area (Å²) in [6.07, 6.45) is 3.19. The molecular weight excluding hydrogens is 232 g/mol. The Bertz CT molecular complexity index is 499. The number of benzene rings is 1. The van der Waals surface area contributed by atoms with Crippen molar-refractivity contribution in [3.05, 3.63) is 34.4 Å². The molecule has 2 atom stereocenters. The maximum absolute atomic E-state index is 11.5.